The molecule has 31 heavy (non-hydrogen) atoms. The van der Waals surface area contributed by atoms with Crippen LogP contribution in [0, 0.1) is 52.3 Å². The largest absolute Gasteiger partial charge is 0.393 e. The number of aliphatic hydroxyl groups is 2. The van der Waals surface area contributed by atoms with Crippen LogP contribution in [-0.2, 0) is 0 Å². The normalized spacial score (nSPS) is 46.9. The maximum Gasteiger partial charge on any atom is 0.0757 e. The van der Waals surface area contributed by atoms with Crippen molar-refractivity contribution in [2.24, 2.45) is 52.3 Å². The highest BCUT2D eigenvalue weighted by molar-refractivity contribution is 5.28. The van der Waals surface area contributed by atoms with E-state index in [0.717, 1.165) is 25.2 Å². The first-order valence-electron chi connectivity index (χ1n) is 13.4. The fourth-order valence-corrected chi connectivity index (χ4v) is 8.82. The van der Waals surface area contributed by atoms with Gasteiger partial charge in [-0.3, -0.25) is 0 Å². The van der Waals surface area contributed by atoms with Gasteiger partial charge in [0.1, 0.15) is 0 Å². The first-order chi connectivity index (χ1) is 14.6. The van der Waals surface area contributed by atoms with Crippen LogP contribution in [0.3, 0.4) is 0 Å². The Morgan fingerprint density at radius 2 is 1.74 bits per heavy atom. The molecule has 2 N–H and O–H groups in total. The molecule has 2 nitrogen and oxygen atoms in total. The van der Waals surface area contributed by atoms with Crippen LogP contribution in [0.2, 0.25) is 0 Å². The third kappa shape index (κ3) is 3.88. The van der Waals surface area contributed by atoms with Gasteiger partial charge in [0, 0.05) is 0 Å². The van der Waals surface area contributed by atoms with Crippen molar-refractivity contribution in [3.63, 3.8) is 0 Å². The average molecular weight is 429 g/mol. The Bertz CT molecular complexity index is 708. The van der Waals surface area contributed by atoms with Crippen molar-refractivity contribution in [1.82, 2.24) is 0 Å². The molecule has 4 rings (SSSR count). The number of rotatable bonds is 5. The van der Waals surface area contributed by atoms with Crippen LogP contribution >= 0.6 is 0 Å². The van der Waals surface area contributed by atoms with Crippen LogP contribution in [-0.4, -0.2) is 22.4 Å². The highest BCUT2D eigenvalue weighted by Crippen LogP contribution is 2.67. The van der Waals surface area contributed by atoms with Crippen LogP contribution in [0.1, 0.15) is 92.9 Å². The molecule has 4 unspecified atom stereocenters. The second-order valence-electron chi connectivity index (χ2n) is 12.6. The van der Waals surface area contributed by atoms with E-state index in [1.807, 2.05) is 0 Å². The Morgan fingerprint density at radius 1 is 1.00 bits per heavy atom. The topological polar surface area (TPSA) is 40.5 Å². The van der Waals surface area contributed by atoms with E-state index in [-0.39, 0.29) is 17.6 Å². The van der Waals surface area contributed by atoms with E-state index >= 15 is 0 Å². The summed E-state index contributed by atoms with van der Waals surface area (Å²) in [5, 5.41) is 21.6. The molecule has 0 spiro atoms. The molecule has 176 valence electrons. The second kappa shape index (κ2) is 8.64. The lowest BCUT2D eigenvalue weighted by molar-refractivity contribution is -0.0950. The Hall–Kier alpha value is -0.600. The molecular weight excluding hydrogens is 380 g/mol. The highest BCUT2D eigenvalue weighted by atomic mass is 16.3. The average Bonchev–Trinajstić information content (AvgIpc) is 3.06. The van der Waals surface area contributed by atoms with Crippen molar-refractivity contribution < 1.29 is 10.2 Å². The maximum absolute atomic E-state index is 11.3. The lowest BCUT2D eigenvalue weighted by Crippen LogP contribution is -2.54. The minimum absolute atomic E-state index is 0.194. The minimum Gasteiger partial charge on any atom is -0.393 e. The van der Waals surface area contributed by atoms with Crippen molar-refractivity contribution >= 4 is 0 Å². The summed E-state index contributed by atoms with van der Waals surface area (Å²) in [7, 11) is 0. The molecule has 0 aromatic rings. The Kier molecular flexibility index (Phi) is 6.56. The predicted octanol–water partition coefficient (Wildman–Crippen LogP) is 6.77. The van der Waals surface area contributed by atoms with Gasteiger partial charge in [0.05, 0.1) is 12.2 Å². The summed E-state index contributed by atoms with van der Waals surface area (Å²) in [5.74, 6) is 4.38. The summed E-state index contributed by atoms with van der Waals surface area (Å²) in [6.07, 6.45) is 15.9. The third-order valence-corrected chi connectivity index (χ3v) is 10.8. The lowest BCUT2D eigenvalue weighted by atomic mass is 9.46. The number of hydrogen-bond donors (Lipinski definition) is 2. The van der Waals surface area contributed by atoms with Gasteiger partial charge < -0.3 is 10.2 Å². The van der Waals surface area contributed by atoms with Gasteiger partial charge in [0.15, 0.2) is 0 Å². The molecule has 4 aliphatic carbocycles. The molecule has 0 amide bonds. The first-order valence-corrected chi connectivity index (χ1v) is 13.4. The van der Waals surface area contributed by atoms with E-state index in [4.69, 9.17) is 0 Å². The van der Waals surface area contributed by atoms with E-state index < -0.39 is 0 Å². The van der Waals surface area contributed by atoms with E-state index in [1.54, 1.807) is 0 Å². The Balaban J connectivity index is 1.56. The summed E-state index contributed by atoms with van der Waals surface area (Å²) < 4.78 is 0. The van der Waals surface area contributed by atoms with Gasteiger partial charge in [-0.1, -0.05) is 65.3 Å². The SMILES string of the molecule is CCC(/C=C/C(C)[C@H]1CC[C@H]2[C@@H]3C(O)C=C4CC(O)CC[C@]4(C)[C@H]3CC[C@]12C)C(C)C. The van der Waals surface area contributed by atoms with Gasteiger partial charge in [-0.2, -0.15) is 0 Å². The van der Waals surface area contributed by atoms with Gasteiger partial charge in [0.25, 0.3) is 0 Å². The van der Waals surface area contributed by atoms with Gasteiger partial charge in [-0.05, 0) is 104 Å². The Labute approximate surface area is 191 Å². The number of hydrogen-bond acceptors (Lipinski definition) is 2. The zero-order valence-electron chi connectivity index (χ0n) is 21.0. The fraction of sp³-hybridized carbons (Fsp3) is 0.862. The number of fused-ring (bicyclic) bond motifs is 5. The lowest BCUT2D eigenvalue weighted by Gasteiger charge is -2.59. The van der Waals surface area contributed by atoms with Gasteiger partial charge in [-0.15, -0.1) is 0 Å². The highest BCUT2D eigenvalue weighted by Gasteiger charge is 2.61. The molecule has 0 aliphatic heterocycles. The molecule has 0 heterocycles. The zero-order valence-corrected chi connectivity index (χ0v) is 21.0. The van der Waals surface area contributed by atoms with Crippen LogP contribution in [0.15, 0.2) is 23.8 Å². The monoisotopic (exact) mass is 428 g/mol. The molecular formula is C29H48O2. The van der Waals surface area contributed by atoms with E-state index in [0.29, 0.717) is 40.9 Å². The molecule has 0 saturated heterocycles. The number of allylic oxidation sites excluding steroid dienone is 2. The first kappa shape index (κ1) is 23.6. The predicted molar refractivity (Wildman–Crippen MR) is 130 cm³/mol. The molecule has 0 radical (unpaired) electrons. The third-order valence-electron chi connectivity index (χ3n) is 10.8. The van der Waals surface area contributed by atoms with Crippen molar-refractivity contribution in [1.29, 1.82) is 0 Å². The van der Waals surface area contributed by atoms with Crippen LogP contribution in [0.5, 0.6) is 0 Å². The zero-order chi connectivity index (χ0) is 22.6. The second-order valence-corrected chi connectivity index (χ2v) is 12.6. The standard InChI is InChI=1S/C29H48O2/c1-7-20(18(2)3)9-8-19(4)23-10-11-24-27-25(13-15-29(23,24)6)28(5)14-12-22(30)16-21(28)17-26(27)31/h8-9,17-20,22-27,30-31H,7,10-16H2,1-6H3/b9-8+/t19?,20?,22?,23-,24+,25+,26?,27+,28+,29-/m1/s1. The maximum atomic E-state index is 11.3. The Morgan fingerprint density at radius 3 is 2.42 bits per heavy atom. The smallest absolute Gasteiger partial charge is 0.0757 e. The summed E-state index contributed by atoms with van der Waals surface area (Å²) >= 11 is 0. The molecule has 2 heteroatoms. The van der Waals surface area contributed by atoms with Gasteiger partial charge in [-0.25, -0.2) is 0 Å². The minimum atomic E-state index is -0.321. The van der Waals surface area contributed by atoms with E-state index in [1.165, 1.54) is 37.7 Å². The van der Waals surface area contributed by atoms with Crippen molar-refractivity contribution in [2.45, 2.75) is 105 Å². The van der Waals surface area contributed by atoms with E-state index in [2.05, 4.69) is 59.8 Å². The molecule has 4 aliphatic rings. The molecule has 0 aromatic carbocycles. The van der Waals surface area contributed by atoms with Crippen molar-refractivity contribution in [2.75, 3.05) is 0 Å². The summed E-state index contributed by atoms with van der Waals surface area (Å²) in [6.45, 7) is 14.5. The van der Waals surface area contributed by atoms with Crippen LogP contribution < -0.4 is 0 Å². The molecule has 0 bridgehead atoms. The molecule has 0 aromatic heterocycles. The van der Waals surface area contributed by atoms with Crippen LogP contribution in [0.25, 0.3) is 0 Å². The van der Waals surface area contributed by atoms with Crippen LogP contribution in [0.4, 0.5) is 0 Å². The van der Waals surface area contributed by atoms with Crippen molar-refractivity contribution in [3.8, 4) is 0 Å². The summed E-state index contributed by atoms with van der Waals surface area (Å²) in [5.41, 5.74) is 1.90. The molecule has 10 atom stereocenters. The summed E-state index contributed by atoms with van der Waals surface area (Å²) in [6, 6.07) is 0. The quantitative estimate of drug-likeness (QED) is 0.474. The number of aliphatic hydroxyl groups excluding tert-OH is 2. The van der Waals surface area contributed by atoms with Gasteiger partial charge >= 0.3 is 0 Å². The fourth-order valence-electron chi connectivity index (χ4n) is 8.82. The van der Waals surface area contributed by atoms with E-state index in [9.17, 15) is 10.2 Å². The van der Waals surface area contributed by atoms with Gasteiger partial charge in [0.2, 0.25) is 0 Å². The molecule has 3 saturated carbocycles. The van der Waals surface area contributed by atoms with Crippen molar-refractivity contribution in [3.05, 3.63) is 23.8 Å². The molecule has 3 fully saturated rings. The summed E-state index contributed by atoms with van der Waals surface area (Å²) in [4.78, 5) is 0.